The molecule has 3 heteroatoms. The molecule has 0 saturated heterocycles. The largest absolute Gasteiger partial charge is 0.456 e. The molecular formula is C23H19N2O+. The molecule has 0 aliphatic rings. The molecule has 0 spiro atoms. The molecule has 0 unspecified atom stereocenters. The first-order chi connectivity index (χ1) is 12.8. The van der Waals surface area contributed by atoms with E-state index in [1.54, 1.807) is 0 Å². The van der Waals surface area contributed by atoms with Gasteiger partial charge in [0.05, 0.1) is 0 Å². The average Bonchev–Trinajstić information content (AvgIpc) is 2.69. The summed E-state index contributed by atoms with van der Waals surface area (Å²) in [6.07, 6.45) is 3.93. The fourth-order valence-electron chi connectivity index (χ4n) is 2.81. The van der Waals surface area contributed by atoms with Crippen molar-refractivity contribution in [3.05, 3.63) is 108 Å². The van der Waals surface area contributed by atoms with Crippen LogP contribution in [0.4, 0.5) is 0 Å². The maximum Gasteiger partial charge on any atom is 0.205 e. The van der Waals surface area contributed by atoms with Crippen molar-refractivity contribution in [1.82, 2.24) is 0 Å². The molecule has 0 aliphatic heterocycles. The molecule has 2 aromatic carbocycles. The fourth-order valence-corrected chi connectivity index (χ4v) is 2.81. The van der Waals surface area contributed by atoms with Crippen molar-refractivity contribution >= 4 is 0 Å². The third-order valence-electron chi connectivity index (χ3n) is 4.06. The van der Waals surface area contributed by atoms with Gasteiger partial charge in [-0.1, -0.05) is 65.3 Å². The number of aromatic nitrogens is 1. The number of nitrogens with zero attached hydrogens (tertiary/aromatic N) is 2. The van der Waals surface area contributed by atoms with Gasteiger partial charge in [0.25, 0.3) is 0 Å². The van der Waals surface area contributed by atoms with E-state index in [1.165, 1.54) is 0 Å². The number of pyridine rings is 1. The lowest BCUT2D eigenvalue weighted by Crippen LogP contribution is -2.30. The van der Waals surface area contributed by atoms with Crippen molar-refractivity contribution in [2.45, 2.75) is 6.92 Å². The third kappa shape index (κ3) is 3.62. The summed E-state index contributed by atoms with van der Waals surface area (Å²) in [6.45, 7) is 2.05. The topological polar surface area (TPSA) is 29.4 Å². The van der Waals surface area contributed by atoms with Gasteiger partial charge < -0.3 is 4.42 Å². The molecule has 0 amide bonds. The van der Waals surface area contributed by atoms with E-state index in [0.29, 0.717) is 0 Å². The first kappa shape index (κ1) is 16.0. The summed E-state index contributed by atoms with van der Waals surface area (Å²) in [6, 6.07) is 28.2. The van der Waals surface area contributed by atoms with E-state index in [4.69, 9.17) is 9.52 Å². The van der Waals surface area contributed by atoms with E-state index in [2.05, 4.69) is 13.0 Å². The minimum Gasteiger partial charge on any atom is -0.456 e. The van der Waals surface area contributed by atoms with Crippen LogP contribution in [0.2, 0.25) is 0 Å². The monoisotopic (exact) mass is 339 g/mol. The number of benzene rings is 2. The second-order valence-electron chi connectivity index (χ2n) is 6.14. The summed E-state index contributed by atoms with van der Waals surface area (Å²) in [5, 5.41) is 5.57. The molecule has 0 saturated carbocycles. The van der Waals surface area contributed by atoms with Crippen LogP contribution >= 0.6 is 0 Å². The predicted molar refractivity (Wildman–Crippen MR) is 102 cm³/mol. The molecule has 4 aromatic rings. The van der Waals surface area contributed by atoms with E-state index in [9.17, 15) is 0 Å². The second-order valence-corrected chi connectivity index (χ2v) is 6.14. The maximum absolute atomic E-state index is 6.18. The van der Waals surface area contributed by atoms with Gasteiger partial charge in [-0.2, -0.15) is 0 Å². The van der Waals surface area contributed by atoms with E-state index in [0.717, 1.165) is 33.6 Å². The summed E-state index contributed by atoms with van der Waals surface area (Å²) < 4.78 is 8.01. The highest BCUT2D eigenvalue weighted by Gasteiger charge is 2.07. The van der Waals surface area contributed by atoms with Gasteiger partial charge in [-0.05, 0) is 13.0 Å². The molecule has 0 radical (unpaired) electrons. The Balaban J connectivity index is 1.91. The van der Waals surface area contributed by atoms with Crippen molar-refractivity contribution in [2.75, 3.05) is 0 Å². The van der Waals surface area contributed by atoms with E-state index in [1.807, 2.05) is 95.9 Å². The number of rotatable bonds is 3. The Morgan fingerprint density at radius 2 is 1.31 bits per heavy atom. The van der Waals surface area contributed by atoms with Crippen LogP contribution in [-0.2, 0) is 0 Å². The highest BCUT2D eigenvalue weighted by molar-refractivity contribution is 5.62. The zero-order valence-electron chi connectivity index (χ0n) is 14.5. The zero-order chi connectivity index (χ0) is 17.8. The van der Waals surface area contributed by atoms with Gasteiger partial charge in [-0.25, -0.2) is 0 Å². The van der Waals surface area contributed by atoms with E-state index < -0.39 is 0 Å². The summed E-state index contributed by atoms with van der Waals surface area (Å²) in [5.74, 6) is 1.58. The Morgan fingerprint density at radius 3 is 1.85 bits per heavy atom. The highest BCUT2D eigenvalue weighted by Crippen LogP contribution is 2.24. The summed E-state index contributed by atoms with van der Waals surface area (Å²) in [4.78, 5) is 0. The van der Waals surface area contributed by atoms with Crippen LogP contribution in [0.3, 0.4) is 0 Å². The Kier molecular flexibility index (Phi) is 4.44. The van der Waals surface area contributed by atoms with Gasteiger partial charge in [0.1, 0.15) is 16.9 Å². The smallest absolute Gasteiger partial charge is 0.205 e. The first-order valence-corrected chi connectivity index (χ1v) is 8.57. The van der Waals surface area contributed by atoms with Crippen molar-refractivity contribution in [3.8, 4) is 22.6 Å². The molecule has 0 fully saturated rings. The molecular weight excluding hydrogens is 320 g/mol. The van der Waals surface area contributed by atoms with Gasteiger partial charge in [0.15, 0.2) is 0 Å². The normalized spacial score (nSPS) is 10.5. The van der Waals surface area contributed by atoms with Crippen LogP contribution in [0, 0.1) is 6.92 Å². The van der Waals surface area contributed by atoms with E-state index in [-0.39, 0.29) is 0 Å². The summed E-state index contributed by atoms with van der Waals surface area (Å²) >= 11 is 0. The molecule has 0 aliphatic carbocycles. The number of hydrogen-bond acceptors (Lipinski definition) is 2. The van der Waals surface area contributed by atoms with Gasteiger partial charge in [0, 0.05) is 40.0 Å². The first-order valence-electron chi connectivity index (χ1n) is 8.57. The minimum atomic E-state index is 0.791. The van der Waals surface area contributed by atoms with Gasteiger partial charge in [-0.3, -0.25) is 0 Å². The SMILES string of the molecule is Cc1ccc[n+](N=c2cc(-c3ccccc3)oc(-c3ccccc3)c2)c1. The average molecular weight is 339 g/mol. The minimum absolute atomic E-state index is 0.791. The lowest BCUT2D eigenvalue weighted by atomic mass is 10.1. The van der Waals surface area contributed by atoms with Gasteiger partial charge in [0.2, 0.25) is 12.4 Å². The third-order valence-corrected chi connectivity index (χ3v) is 4.06. The van der Waals surface area contributed by atoms with Gasteiger partial charge in [-0.15, -0.1) is 0 Å². The predicted octanol–water partition coefficient (Wildman–Crippen LogP) is 4.57. The lowest BCUT2D eigenvalue weighted by Gasteiger charge is -2.05. The molecule has 2 heterocycles. The van der Waals surface area contributed by atoms with Crippen molar-refractivity contribution in [1.29, 1.82) is 0 Å². The Labute approximate surface area is 152 Å². The quantitative estimate of drug-likeness (QED) is 0.503. The standard InChI is InChI=1S/C23H19N2O/c1-18-9-8-14-25(17-18)24-21-15-22(19-10-4-2-5-11-19)26-23(16-21)20-12-6-3-7-13-20/h2-17H,1H3/q+1. The highest BCUT2D eigenvalue weighted by atomic mass is 16.3. The van der Waals surface area contributed by atoms with Crippen molar-refractivity contribution in [2.24, 2.45) is 5.10 Å². The maximum atomic E-state index is 6.18. The Morgan fingerprint density at radius 1 is 0.731 bits per heavy atom. The molecule has 0 N–H and O–H groups in total. The molecule has 0 bridgehead atoms. The van der Waals surface area contributed by atoms with Crippen molar-refractivity contribution in [3.63, 3.8) is 0 Å². The molecule has 126 valence electrons. The van der Waals surface area contributed by atoms with Crippen LogP contribution in [0.15, 0.2) is 107 Å². The van der Waals surface area contributed by atoms with Crippen LogP contribution in [-0.4, -0.2) is 0 Å². The molecule has 2 aromatic heterocycles. The number of aryl methyl sites for hydroxylation is 1. The number of hydrogen-bond donors (Lipinski definition) is 0. The zero-order valence-corrected chi connectivity index (χ0v) is 14.5. The van der Waals surface area contributed by atoms with E-state index >= 15 is 0 Å². The second kappa shape index (κ2) is 7.19. The Bertz CT molecular complexity index is 1020. The van der Waals surface area contributed by atoms with Crippen LogP contribution in [0.25, 0.3) is 22.6 Å². The summed E-state index contributed by atoms with van der Waals surface area (Å²) in [7, 11) is 0. The lowest BCUT2D eigenvalue weighted by molar-refractivity contribution is -0.683. The Hall–Kier alpha value is -3.46. The van der Waals surface area contributed by atoms with Crippen LogP contribution < -0.4 is 10.0 Å². The molecule has 3 nitrogen and oxygen atoms in total. The summed E-state index contributed by atoms with van der Waals surface area (Å²) in [5.41, 5.74) is 3.20. The van der Waals surface area contributed by atoms with Crippen molar-refractivity contribution < 1.29 is 9.09 Å². The molecule has 26 heavy (non-hydrogen) atoms. The molecule has 4 rings (SSSR count). The van der Waals surface area contributed by atoms with Gasteiger partial charge >= 0.3 is 0 Å². The van der Waals surface area contributed by atoms with Crippen LogP contribution in [0.1, 0.15) is 5.56 Å². The fraction of sp³-hybridized carbons (Fsp3) is 0.0435. The molecule has 0 atom stereocenters. The van der Waals surface area contributed by atoms with Crippen LogP contribution in [0.5, 0.6) is 0 Å².